The molecule has 2 aromatic carbocycles. The Hall–Kier alpha value is -2.51. The number of nitrogens with zero attached hydrogens (tertiary/aromatic N) is 1. The highest BCUT2D eigenvalue weighted by Crippen LogP contribution is 2.34. The summed E-state index contributed by atoms with van der Waals surface area (Å²) >= 11 is 3.01. The van der Waals surface area contributed by atoms with Crippen LogP contribution in [0.1, 0.15) is 18.5 Å². The van der Waals surface area contributed by atoms with E-state index in [0.717, 1.165) is 32.7 Å². The van der Waals surface area contributed by atoms with Crippen LogP contribution >= 0.6 is 23.1 Å². The van der Waals surface area contributed by atoms with Crippen molar-refractivity contribution in [2.45, 2.75) is 17.3 Å². The molecule has 1 aromatic heterocycles. The van der Waals surface area contributed by atoms with Crippen molar-refractivity contribution in [3.63, 3.8) is 0 Å². The highest BCUT2D eigenvalue weighted by molar-refractivity contribution is 8.01. The molecule has 27 heavy (non-hydrogen) atoms. The molecule has 1 aliphatic rings. The van der Waals surface area contributed by atoms with Gasteiger partial charge in [0.15, 0.2) is 15.8 Å². The molecular formula is C20H18N2O3S2. The monoisotopic (exact) mass is 398 g/mol. The van der Waals surface area contributed by atoms with Gasteiger partial charge < -0.3 is 14.8 Å². The highest BCUT2D eigenvalue weighted by atomic mass is 32.2. The molecule has 1 aliphatic heterocycles. The molecule has 138 valence electrons. The quantitative estimate of drug-likeness (QED) is 0.619. The smallest absolute Gasteiger partial charge is 0.231 e. The molecule has 0 radical (unpaired) electrons. The summed E-state index contributed by atoms with van der Waals surface area (Å²) in [6.07, 6.45) is 0. The summed E-state index contributed by atoms with van der Waals surface area (Å²) in [6.45, 7) is 2.20. The van der Waals surface area contributed by atoms with Crippen molar-refractivity contribution in [3.05, 3.63) is 59.5 Å². The maximum Gasteiger partial charge on any atom is 0.231 e. The minimum atomic E-state index is -0.108. The number of hydrogen-bond acceptors (Lipinski definition) is 6. The van der Waals surface area contributed by atoms with Crippen molar-refractivity contribution in [2.24, 2.45) is 0 Å². The van der Waals surface area contributed by atoms with Crippen LogP contribution in [0.3, 0.4) is 0 Å². The van der Waals surface area contributed by atoms with Crippen molar-refractivity contribution in [2.75, 3.05) is 12.5 Å². The van der Waals surface area contributed by atoms with E-state index in [0.29, 0.717) is 5.75 Å². The number of ether oxygens (including phenoxy) is 2. The van der Waals surface area contributed by atoms with Gasteiger partial charge in [0.25, 0.3) is 0 Å². The Labute approximate surface area is 165 Å². The third-order valence-corrected chi connectivity index (χ3v) is 6.17. The molecule has 3 aromatic rings. The number of fused-ring (bicyclic) bond motifs is 1. The van der Waals surface area contributed by atoms with Crippen LogP contribution in [-0.4, -0.2) is 23.4 Å². The van der Waals surface area contributed by atoms with E-state index in [9.17, 15) is 4.79 Å². The normalized spacial score (nSPS) is 13.4. The van der Waals surface area contributed by atoms with Crippen molar-refractivity contribution in [3.8, 4) is 22.8 Å². The predicted octanol–water partition coefficient (Wildman–Crippen LogP) is 4.51. The van der Waals surface area contributed by atoms with Gasteiger partial charge in [0.05, 0.1) is 17.5 Å². The molecular weight excluding hydrogens is 380 g/mol. The first-order valence-corrected chi connectivity index (χ1v) is 10.4. The van der Waals surface area contributed by atoms with Crippen LogP contribution in [0, 0.1) is 0 Å². The predicted molar refractivity (Wildman–Crippen MR) is 107 cm³/mol. The van der Waals surface area contributed by atoms with Gasteiger partial charge in [-0.15, -0.1) is 11.3 Å². The van der Waals surface area contributed by atoms with Gasteiger partial charge in [-0.3, -0.25) is 4.79 Å². The van der Waals surface area contributed by atoms with Gasteiger partial charge in [0.1, 0.15) is 0 Å². The summed E-state index contributed by atoms with van der Waals surface area (Å²) in [7, 11) is 0. The number of nitrogens with one attached hydrogen (secondary N) is 1. The summed E-state index contributed by atoms with van der Waals surface area (Å²) in [5, 5.41) is 5.04. The maximum atomic E-state index is 12.3. The first-order chi connectivity index (χ1) is 13.2. The number of carbonyl (C=O) groups excluding carboxylic acids is 1. The van der Waals surface area contributed by atoms with Gasteiger partial charge in [0, 0.05) is 10.9 Å². The molecule has 5 nitrogen and oxygen atoms in total. The van der Waals surface area contributed by atoms with E-state index in [2.05, 4.69) is 10.3 Å². The van der Waals surface area contributed by atoms with E-state index in [1.165, 1.54) is 11.8 Å². The molecule has 4 rings (SSSR count). The van der Waals surface area contributed by atoms with Crippen LogP contribution in [0.5, 0.6) is 11.5 Å². The van der Waals surface area contributed by atoms with E-state index in [1.807, 2.05) is 60.8 Å². The molecule has 0 saturated carbocycles. The second-order valence-electron chi connectivity index (χ2n) is 6.06. The van der Waals surface area contributed by atoms with E-state index in [-0.39, 0.29) is 18.7 Å². The second kappa shape index (κ2) is 8.02. The van der Waals surface area contributed by atoms with Crippen LogP contribution in [0.4, 0.5) is 0 Å². The standard InChI is InChI=1S/C20H18N2O3S2/c1-13(15-7-8-17-18(9-15)25-12-24-17)21-19(23)11-27-20-22-16(10-26-20)14-5-3-2-4-6-14/h2-10,13H,11-12H2,1H3,(H,21,23)/t13-/m0/s1. The Morgan fingerprint density at radius 2 is 2.04 bits per heavy atom. The molecule has 0 saturated heterocycles. The number of amides is 1. The number of benzene rings is 2. The Kier molecular flexibility index (Phi) is 5.31. The Balaban J connectivity index is 1.31. The number of carbonyl (C=O) groups is 1. The van der Waals surface area contributed by atoms with E-state index >= 15 is 0 Å². The van der Waals surface area contributed by atoms with Crippen molar-refractivity contribution >= 4 is 29.0 Å². The average Bonchev–Trinajstić information content (AvgIpc) is 3.36. The summed E-state index contributed by atoms with van der Waals surface area (Å²) in [4.78, 5) is 16.9. The van der Waals surface area contributed by atoms with Crippen LogP contribution in [0.25, 0.3) is 11.3 Å². The van der Waals surface area contributed by atoms with Crippen LogP contribution < -0.4 is 14.8 Å². The first kappa shape index (κ1) is 17.9. The third kappa shape index (κ3) is 4.26. The summed E-state index contributed by atoms with van der Waals surface area (Å²) in [6, 6.07) is 15.6. The summed E-state index contributed by atoms with van der Waals surface area (Å²) < 4.78 is 11.6. The summed E-state index contributed by atoms with van der Waals surface area (Å²) in [5.74, 6) is 1.77. The lowest BCUT2D eigenvalue weighted by molar-refractivity contribution is -0.119. The second-order valence-corrected chi connectivity index (χ2v) is 8.14. The minimum Gasteiger partial charge on any atom is -0.454 e. The maximum absolute atomic E-state index is 12.3. The molecule has 0 aliphatic carbocycles. The van der Waals surface area contributed by atoms with E-state index in [4.69, 9.17) is 9.47 Å². The fourth-order valence-electron chi connectivity index (χ4n) is 2.74. The molecule has 0 spiro atoms. The van der Waals surface area contributed by atoms with Crippen LogP contribution in [0.2, 0.25) is 0 Å². The average molecular weight is 399 g/mol. The fraction of sp³-hybridized carbons (Fsp3) is 0.200. The van der Waals surface area contributed by atoms with E-state index in [1.54, 1.807) is 11.3 Å². The Morgan fingerprint density at radius 1 is 1.22 bits per heavy atom. The highest BCUT2D eigenvalue weighted by Gasteiger charge is 2.17. The third-order valence-electron chi connectivity index (χ3n) is 4.15. The number of hydrogen-bond donors (Lipinski definition) is 1. The van der Waals surface area contributed by atoms with Crippen LogP contribution in [-0.2, 0) is 4.79 Å². The summed E-state index contributed by atoms with van der Waals surface area (Å²) in [5.41, 5.74) is 3.01. The molecule has 0 unspecified atom stereocenters. The zero-order valence-electron chi connectivity index (χ0n) is 14.7. The van der Waals surface area contributed by atoms with Gasteiger partial charge in [0.2, 0.25) is 12.7 Å². The van der Waals surface area contributed by atoms with E-state index < -0.39 is 0 Å². The lowest BCUT2D eigenvalue weighted by atomic mass is 10.1. The largest absolute Gasteiger partial charge is 0.454 e. The minimum absolute atomic E-state index is 0.0263. The topological polar surface area (TPSA) is 60.5 Å². The van der Waals surface area contributed by atoms with Crippen LogP contribution in [0.15, 0.2) is 58.3 Å². The van der Waals surface area contributed by atoms with Gasteiger partial charge in [-0.25, -0.2) is 4.98 Å². The first-order valence-electron chi connectivity index (χ1n) is 8.52. The SMILES string of the molecule is C[C@H](NC(=O)CSc1nc(-c2ccccc2)cs1)c1ccc2c(c1)OCO2. The van der Waals surface area contributed by atoms with Gasteiger partial charge in [-0.2, -0.15) is 0 Å². The molecule has 1 amide bonds. The number of aromatic nitrogens is 1. The zero-order chi connectivity index (χ0) is 18.6. The van der Waals surface area contributed by atoms with Gasteiger partial charge in [-0.1, -0.05) is 48.2 Å². The molecule has 0 bridgehead atoms. The van der Waals surface area contributed by atoms with Gasteiger partial charge >= 0.3 is 0 Å². The Bertz CT molecular complexity index is 943. The Morgan fingerprint density at radius 3 is 2.89 bits per heavy atom. The lowest BCUT2D eigenvalue weighted by Gasteiger charge is -2.14. The number of thiazole rings is 1. The van der Waals surface area contributed by atoms with Crippen molar-refractivity contribution < 1.29 is 14.3 Å². The molecule has 7 heteroatoms. The zero-order valence-corrected chi connectivity index (χ0v) is 16.3. The van der Waals surface area contributed by atoms with Gasteiger partial charge in [-0.05, 0) is 24.6 Å². The van der Waals surface area contributed by atoms with Crippen molar-refractivity contribution in [1.29, 1.82) is 0 Å². The molecule has 1 N–H and O–H groups in total. The molecule has 2 heterocycles. The molecule has 0 fully saturated rings. The fourth-order valence-corrected chi connectivity index (χ4v) is 4.39. The lowest BCUT2D eigenvalue weighted by Crippen LogP contribution is -2.28. The number of rotatable bonds is 6. The number of thioether (sulfide) groups is 1. The molecule has 1 atom stereocenters. The van der Waals surface area contributed by atoms with Crippen molar-refractivity contribution in [1.82, 2.24) is 10.3 Å².